The Morgan fingerprint density at radius 2 is 1.83 bits per heavy atom. The molecule has 11 nitrogen and oxygen atoms in total. The van der Waals surface area contributed by atoms with Crippen LogP contribution in [0.25, 0.3) is 33.6 Å². The van der Waals surface area contributed by atoms with Crippen LogP contribution in [0.1, 0.15) is 5.69 Å². The quantitative estimate of drug-likeness (QED) is 0.337. The van der Waals surface area contributed by atoms with Gasteiger partial charge in [0.2, 0.25) is 0 Å². The molecule has 2 aromatic carbocycles. The van der Waals surface area contributed by atoms with E-state index in [1.165, 1.54) is 18.2 Å². The molecule has 0 aliphatic carbocycles. The van der Waals surface area contributed by atoms with E-state index in [0.717, 1.165) is 22.8 Å². The molecule has 0 atom stereocenters. The second-order valence-electron chi connectivity index (χ2n) is 7.69. The van der Waals surface area contributed by atoms with Crippen molar-refractivity contribution in [2.75, 3.05) is 5.75 Å². The molecule has 0 radical (unpaired) electrons. The lowest BCUT2D eigenvalue weighted by molar-refractivity contribution is 0.453. The number of fused-ring (bicyclic) bond motifs is 1. The topological polar surface area (TPSA) is 161 Å². The van der Waals surface area contributed by atoms with Gasteiger partial charge in [0.1, 0.15) is 41.0 Å². The molecule has 0 fully saturated rings. The first-order chi connectivity index (χ1) is 17.2. The van der Waals surface area contributed by atoms with Gasteiger partial charge in [-0.15, -0.1) is 14.3 Å². The molecule has 2 N–H and O–H groups in total. The van der Waals surface area contributed by atoms with E-state index in [2.05, 4.69) is 20.3 Å². The second kappa shape index (κ2) is 9.06. The van der Waals surface area contributed by atoms with Gasteiger partial charge in [0.05, 0.1) is 22.0 Å². The summed E-state index contributed by atoms with van der Waals surface area (Å²) in [6.07, 6.45) is 2.26. The zero-order valence-corrected chi connectivity index (χ0v) is 19.8. The molecule has 0 spiro atoms. The van der Waals surface area contributed by atoms with Crippen molar-refractivity contribution in [3.05, 3.63) is 82.1 Å². The Kier molecular flexibility index (Phi) is 5.90. The number of halogens is 1. The number of phenolic OH excluding ortho intramolecular Hbond substituents is 2. The fraction of sp³-hybridized carbons (Fsp3) is 0.0870. The van der Waals surface area contributed by atoms with Crippen LogP contribution in [0.2, 0.25) is 5.02 Å². The van der Waals surface area contributed by atoms with E-state index in [1.807, 2.05) is 0 Å². The van der Waals surface area contributed by atoms with Crippen LogP contribution in [0.3, 0.4) is 0 Å². The van der Waals surface area contributed by atoms with Crippen LogP contribution in [0, 0.1) is 0 Å². The fourth-order valence-electron chi connectivity index (χ4n) is 3.64. The Balaban J connectivity index is 1.55. The Labute approximate surface area is 208 Å². The van der Waals surface area contributed by atoms with Gasteiger partial charge in [0, 0.05) is 24.1 Å². The molecule has 0 unspecified atom stereocenters. The molecule has 0 aliphatic heterocycles. The predicted molar refractivity (Wildman–Crippen MR) is 130 cm³/mol. The van der Waals surface area contributed by atoms with Crippen LogP contribution in [0.5, 0.6) is 11.5 Å². The SMILES string of the molecule is O=c1cc(-c2ccccc2Cl)oc2c(-c3ccc(CCS(=O)(=O)n4cncn4)nn3)c(O)cc(O)c12. The normalized spacial score (nSPS) is 11.7. The zero-order valence-electron chi connectivity index (χ0n) is 18.2. The molecule has 182 valence electrons. The van der Waals surface area contributed by atoms with Crippen molar-refractivity contribution in [2.24, 2.45) is 0 Å². The highest BCUT2D eigenvalue weighted by molar-refractivity contribution is 7.89. The van der Waals surface area contributed by atoms with Crippen LogP contribution in [0.15, 0.2) is 70.4 Å². The summed E-state index contributed by atoms with van der Waals surface area (Å²) in [5.41, 5.74) is 0.326. The minimum Gasteiger partial charge on any atom is -0.507 e. The molecule has 5 aromatic rings. The van der Waals surface area contributed by atoms with Gasteiger partial charge in [0.15, 0.2) is 11.0 Å². The van der Waals surface area contributed by atoms with E-state index < -0.39 is 27.0 Å². The highest BCUT2D eigenvalue weighted by Gasteiger charge is 2.22. The summed E-state index contributed by atoms with van der Waals surface area (Å²) in [4.78, 5) is 16.5. The van der Waals surface area contributed by atoms with Gasteiger partial charge in [-0.25, -0.2) is 13.4 Å². The zero-order chi connectivity index (χ0) is 25.4. The van der Waals surface area contributed by atoms with E-state index in [1.54, 1.807) is 24.3 Å². The van der Waals surface area contributed by atoms with Crippen molar-refractivity contribution in [1.82, 2.24) is 24.4 Å². The molecule has 0 bridgehead atoms. The highest BCUT2D eigenvalue weighted by atomic mass is 35.5. The molecule has 3 aromatic heterocycles. The number of hydrogen-bond donors (Lipinski definition) is 2. The molecule has 0 amide bonds. The van der Waals surface area contributed by atoms with Gasteiger partial charge in [-0.1, -0.05) is 23.7 Å². The molecule has 3 heterocycles. The maximum atomic E-state index is 12.9. The minimum absolute atomic E-state index is 0.0306. The fourth-order valence-corrected chi connectivity index (χ4v) is 4.91. The number of benzene rings is 2. The number of phenols is 2. The standard InChI is InChI=1S/C23H16ClN5O6S/c24-15-4-2-1-3-14(15)20-10-19(32)22-18(31)9-17(30)21(23(22)35-20)16-6-5-13(27-28-16)7-8-36(33,34)29-12-25-11-26-29/h1-6,9-12,30-31H,7-8H2. The van der Waals surface area contributed by atoms with Crippen molar-refractivity contribution < 1.29 is 23.0 Å². The van der Waals surface area contributed by atoms with Gasteiger partial charge < -0.3 is 14.6 Å². The molecule has 0 aliphatic rings. The molecule has 36 heavy (non-hydrogen) atoms. The van der Waals surface area contributed by atoms with E-state index in [-0.39, 0.29) is 40.2 Å². The smallest absolute Gasteiger partial charge is 0.255 e. The van der Waals surface area contributed by atoms with Crippen LogP contribution < -0.4 is 5.43 Å². The number of rotatable bonds is 6. The summed E-state index contributed by atoms with van der Waals surface area (Å²) >= 11 is 6.26. The first-order valence-corrected chi connectivity index (χ1v) is 12.4. The second-order valence-corrected chi connectivity index (χ2v) is 10.0. The van der Waals surface area contributed by atoms with Crippen molar-refractivity contribution in [2.45, 2.75) is 6.42 Å². The maximum absolute atomic E-state index is 12.9. The largest absolute Gasteiger partial charge is 0.507 e. The Bertz CT molecular complexity index is 1750. The lowest BCUT2D eigenvalue weighted by atomic mass is 10.0. The van der Waals surface area contributed by atoms with Gasteiger partial charge in [-0.3, -0.25) is 4.79 Å². The molecule has 0 saturated carbocycles. The van der Waals surface area contributed by atoms with Gasteiger partial charge in [-0.2, -0.15) is 5.10 Å². The maximum Gasteiger partial charge on any atom is 0.255 e. The number of aromatic hydroxyl groups is 2. The van der Waals surface area contributed by atoms with E-state index in [0.29, 0.717) is 16.3 Å². The Morgan fingerprint density at radius 3 is 2.53 bits per heavy atom. The molecule has 0 saturated heterocycles. The van der Waals surface area contributed by atoms with Crippen LogP contribution >= 0.6 is 11.6 Å². The van der Waals surface area contributed by atoms with Crippen molar-refractivity contribution in [3.8, 4) is 34.1 Å². The summed E-state index contributed by atoms with van der Waals surface area (Å²) in [5, 5.41) is 32.9. The highest BCUT2D eigenvalue weighted by Crippen LogP contribution is 2.41. The number of aryl methyl sites for hydroxylation is 1. The third-order valence-corrected chi connectivity index (χ3v) is 7.18. The van der Waals surface area contributed by atoms with E-state index in [9.17, 15) is 23.4 Å². The van der Waals surface area contributed by atoms with Gasteiger partial charge in [-0.05, 0) is 24.3 Å². The van der Waals surface area contributed by atoms with Crippen molar-refractivity contribution in [3.63, 3.8) is 0 Å². The molecule has 13 heteroatoms. The predicted octanol–water partition coefficient (Wildman–Crippen LogP) is 2.99. The molecule has 5 rings (SSSR count). The average Bonchev–Trinajstić information content (AvgIpc) is 3.39. The summed E-state index contributed by atoms with van der Waals surface area (Å²) < 4.78 is 31.3. The Morgan fingerprint density at radius 1 is 1.03 bits per heavy atom. The van der Waals surface area contributed by atoms with Gasteiger partial charge >= 0.3 is 0 Å². The third kappa shape index (κ3) is 4.27. The number of aromatic nitrogens is 5. The van der Waals surface area contributed by atoms with Crippen molar-refractivity contribution in [1.29, 1.82) is 0 Å². The van der Waals surface area contributed by atoms with Crippen LogP contribution in [-0.4, -0.2) is 48.8 Å². The van der Waals surface area contributed by atoms with Gasteiger partial charge in [0.25, 0.3) is 10.0 Å². The third-order valence-electron chi connectivity index (χ3n) is 5.37. The summed E-state index contributed by atoms with van der Waals surface area (Å²) in [6, 6.07) is 12.0. The molecular formula is C23H16ClN5O6S. The molecular weight excluding hydrogens is 510 g/mol. The minimum atomic E-state index is -3.71. The van der Waals surface area contributed by atoms with E-state index >= 15 is 0 Å². The number of hydrogen-bond acceptors (Lipinski definition) is 10. The number of nitrogens with zero attached hydrogens (tertiary/aromatic N) is 5. The summed E-state index contributed by atoms with van der Waals surface area (Å²) in [6.45, 7) is 0. The van der Waals surface area contributed by atoms with Crippen molar-refractivity contribution >= 4 is 32.6 Å². The lowest BCUT2D eigenvalue weighted by Gasteiger charge is -2.11. The van der Waals surface area contributed by atoms with E-state index in [4.69, 9.17) is 16.0 Å². The monoisotopic (exact) mass is 525 g/mol. The summed E-state index contributed by atoms with van der Waals surface area (Å²) in [7, 11) is -3.71. The van der Waals surface area contributed by atoms with Crippen LogP contribution in [0.4, 0.5) is 0 Å². The first kappa shape index (κ1) is 23.5. The first-order valence-electron chi connectivity index (χ1n) is 10.4. The lowest BCUT2D eigenvalue weighted by Crippen LogP contribution is -2.19. The average molecular weight is 526 g/mol. The summed E-state index contributed by atoms with van der Waals surface area (Å²) in [5.74, 6) is -1.01. The Hall–Kier alpha value is -4.29. The van der Waals surface area contributed by atoms with Crippen LogP contribution in [-0.2, 0) is 16.4 Å².